The van der Waals surface area contributed by atoms with Crippen molar-refractivity contribution in [3.8, 4) is 23.3 Å². The number of halogens is 2. The van der Waals surface area contributed by atoms with Crippen LogP contribution >= 0.6 is 30.8 Å². The minimum atomic E-state index is -4.64. The van der Waals surface area contributed by atoms with E-state index in [2.05, 4.69) is 39.2 Å². The molecule has 0 radical (unpaired) electrons. The zero-order valence-corrected chi connectivity index (χ0v) is 35.6. The number of hydrogen-bond donors (Lipinski definition) is 7. The van der Waals surface area contributed by atoms with E-state index in [-0.39, 0.29) is 39.9 Å². The van der Waals surface area contributed by atoms with Crippen LogP contribution in [0, 0.1) is 10.1 Å². The molecule has 1 atom stereocenters. The molecule has 24 nitrogen and oxygen atoms in total. The molecule has 29 heteroatoms. The third-order valence-electron chi connectivity index (χ3n) is 5.85. The Labute approximate surface area is 348 Å². The summed E-state index contributed by atoms with van der Waals surface area (Å²) in [6, 6.07) is 11.7. The quantitative estimate of drug-likeness (QED) is 0.0332. The number of benzene rings is 2. The number of nitrogen functional groups attached to an aromatic ring is 1. The van der Waals surface area contributed by atoms with Gasteiger partial charge in [0.15, 0.2) is 10.2 Å². The van der Waals surface area contributed by atoms with Crippen molar-refractivity contribution in [1.82, 2.24) is 29.8 Å². The Morgan fingerprint density at radius 1 is 1.03 bits per heavy atom. The van der Waals surface area contributed by atoms with Gasteiger partial charge in [-0.15, -0.1) is 0 Å². The van der Waals surface area contributed by atoms with Crippen LogP contribution in [0.2, 0.25) is 10.2 Å². The molecule has 4 rings (SSSR count). The highest BCUT2D eigenvalue weighted by Crippen LogP contribution is 2.38. The number of methoxy groups -OCH3 is 2. The van der Waals surface area contributed by atoms with Crippen LogP contribution in [0.5, 0.6) is 23.3 Å². The number of nitrogens with two attached hydrogens (primary N) is 1. The Kier molecular flexibility index (Phi) is 20.8. The van der Waals surface area contributed by atoms with E-state index in [1.54, 1.807) is 29.0 Å². The first kappa shape index (κ1) is 51.5. The average Bonchev–Trinajstić information content (AvgIpc) is 3.44. The molecule has 2 amide bonds. The molecule has 8 N–H and O–H groups in total. The van der Waals surface area contributed by atoms with Crippen LogP contribution in [0.4, 0.5) is 22.1 Å². The third kappa shape index (κ3) is 18.3. The molecule has 2 aromatic heterocycles. The van der Waals surface area contributed by atoms with Crippen LogP contribution in [-0.4, -0.2) is 112 Å². The molecular formula is C30H38Cl2N9O15PS2. The number of carbonyl (C=O) groups is 3. The zero-order valence-electron chi connectivity index (χ0n) is 31.6. The molecule has 0 aliphatic rings. The summed E-state index contributed by atoms with van der Waals surface area (Å²) in [6.07, 6.45) is 5.87. The summed E-state index contributed by atoms with van der Waals surface area (Å²) in [4.78, 5) is 68.7. The highest BCUT2D eigenvalue weighted by molar-refractivity contribution is 7.94. The lowest BCUT2D eigenvalue weighted by Gasteiger charge is -2.14. The molecule has 0 saturated carbocycles. The number of nitrogens with one attached hydrogen (secondary N) is 3. The summed E-state index contributed by atoms with van der Waals surface area (Å²) in [7, 11) is -4.57. The highest BCUT2D eigenvalue weighted by Gasteiger charge is 2.32. The number of urea groups is 1. The Morgan fingerprint density at radius 2 is 1.58 bits per heavy atom. The fourth-order valence-corrected chi connectivity index (χ4v) is 5.82. The number of aromatic nitrogens is 4. The van der Waals surface area contributed by atoms with Gasteiger partial charge in [-0.3, -0.25) is 30.2 Å². The molecule has 0 bridgehead atoms. The van der Waals surface area contributed by atoms with Gasteiger partial charge in [-0.1, -0.05) is 41.4 Å². The number of carbonyl (C=O) groups excluding carboxylic acids is 1. The standard InChI is InChI=1S/C12H13ClN6O7S.C12H9ClN2O3.C3H8NO5P.C3H9S/c1-19-9(7(10(20)21)8(13)17-19)27(23,24)18-12(22)16-11-14-5(25-2)4-6(15-11)26-3;13-11-10(18-8-4-2-1-3-5-8)7-6-9(12(11)14)15(16)17;5-3(6)1-4-2-10(7,8)9;1-4(2)3/h4H,1-3H3,(H,20,21)(H2,14,15,16,18,22);1-7H,14H2;4H,1-2H2,(H,5,6)(H2,7,8,9);1-3H3/q;;;+1/p-1. The van der Waals surface area contributed by atoms with Gasteiger partial charge in [0.1, 0.15) is 35.4 Å². The van der Waals surface area contributed by atoms with E-state index in [0.29, 0.717) is 21.3 Å². The molecular weight excluding hydrogens is 892 g/mol. The van der Waals surface area contributed by atoms with Crippen LogP contribution < -0.4 is 40.2 Å². The monoisotopic (exact) mass is 929 g/mol. The van der Waals surface area contributed by atoms with Gasteiger partial charge in [0.05, 0.1) is 56.8 Å². The van der Waals surface area contributed by atoms with E-state index in [4.69, 9.17) is 58.3 Å². The van der Waals surface area contributed by atoms with Crippen LogP contribution in [0.25, 0.3) is 0 Å². The van der Waals surface area contributed by atoms with Gasteiger partial charge in [-0.05, 0) is 29.1 Å². The molecule has 2 heterocycles. The van der Waals surface area contributed by atoms with Gasteiger partial charge in [0.2, 0.25) is 17.7 Å². The van der Waals surface area contributed by atoms with E-state index < -0.39 is 69.1 Å². The molecule has 0 aliphatic carbocycles. The summed E-state index contributed by atoms with van der Waals surface area (Å²) < 4.78 is 52.4. The number of aliphatic carboxylic acids is 1. The number of carboxylic acid groups (broad SMARTS) is 2. The predicted octanol–water partition coefficient (Wildman–Crippen LogP) is 2.37. The Hall–Kier alpha value is -5.47. The van der Waals surface area contributed by atoms with Gasteiger partial charge in [0.25, 0.3) is 15.7 Å². The SMILES string of the molecule is COc1cc(OC)nc(NC(=O)NS(=O)(=O)c2c(C(=O)O)c(Cl)nn2C)n1.C[S+](C)C.Nc1c([N+](=O)[O-])ccc(Oc2ccccc2)c1Cl.O=C(O)CNCP(=O)([O-])O. The van der Waals surface area contributed by atoms with Crippen molar-refractivity contribution in [1.29, 1.82) is 0 Å². The molecule has 0 aliphatic heterocycles. The van der Waals surface area contributed by atoms with Crippen LogP contribution in [-0.2, 0) is 37.3 Å². The number of aryl methyl sites for hydroxylation is 1. The summed E-state index contributed by atoms with van der Waals surface area (Å²) in [5.41, 5.74) is 4.47. The second kappa shape index (κ2) is 23.8. The van der Waals surface area contributed by atoms with Gasteiger partial charge in [0, 0.05) is 13.1 Å². The highest BCUT2D eigenvalue weighted by atomic mass is 35.5. The van der Waals surface area contributed by atoms with Gasteiger partial charge < -0.3 is 44.5 Å². The first-order valence-corrected chi connectivity index (χ1v) is 21.9. The molecule has 4 aromatic rings. The number of para-hydroxylation sites is 1. The number of nitro benzene ring substituents is 1. The van der Waals surface area contributed by atoms with Gasteiger partial charge >= 0.3 is 18.0 Å². The molecule has 2 aromatic carbocycles. The van der Waals surface area contributed by atoms with Crippen LogP contribution in [0.15, 0.2) is 53.6 Å². The number of hydrogen-bond acceptors (Lipinski definition) is 17. The number of sulfonamides is 1. The molecule has 324 valence electrons. The molecule has 1 unspecified atom stereocenters. The maximum Gasteiger partial charge on any atom is 0.341 e. The maximum absolute atomic E-state index is 12.4. The molecule has 59 heavy (non-hydrogen) atoms. The Balaban J connectivity index is 0.000000465. The number of amides is 2. The fourth-order valence-electron chi connectivity index (χ4n) is 3.65. The topological polar surface area (TPSA) is 363 Å². The van der Waals surface area contributed by atoms with Crippen molar-refractivity contribution in [3.05, 3.63) is 74.4 Å². The number of aromatic carboxylic acids is 1. The minimum Gasteiger partial charge on any atom is -0.778 e. The van der Waals surface area contributed by atoms with Crippen molar-refractivity contribution < 1.29 is 66.5 Å². The lowest BCUT2D eigenvalue weighted by atomic mass is 10.2. The second-order valence-electron chi connectivity index (χ2n) is 11.1. The van der Waals surface area contributed by atoms with Gasteiger partial charge in [-0.2, -0.15) is 23.5 Å². The number of ether oxygens (including phenoxy) is 3. The number of carboxylic acids is 2. The van der Waals surface area contributed by atoms with Crippen LogP contribution in [0.3, 0.4) is 0 Å². The largest absolute Gasteiger partial charge is 0.778 e. The van der Waals surface area contributed by atoms with E-state index in [9.17, 15) is 42.4 Å². The average molecular weight is 931 g/mol. The zero-order chi connectivity index (χ0) is 45.2. The summed E-state index contributed by atoms with van der Waals surface area (Å²) >= 11 is 11.6. The molecule has 0 spiro atoms. The maximum atomic E-state index is 12.4. The van der Waals surface area contributed by atoms with E-state index in [1.165, 1.54) is 32.4 Å². The first-order valence-electron chi connectivity index (χ1n) is 15.5. The van der Waals surface area contributed by atoms with Crippen molar-refractivity contribution in [3.63, 3.8) is 0 Å². The van der Waals surface area contributed by atoms with E-state index in [0.717, 1.165) is 7.05 Å². The lowest BCUT2D eigenvalue weighted by Crippen LogP contribution is -2.36. The van der Waals surface area contributed by atoms with Crippen molar-refractivity contribution in [2.24, 2.45) is 7.05 Å². The smallest absolute Gasteiger partial charge is 0.341 e. The molecule has 0 fully saturated rings. The number of anilines is 2. The fraction of sp³-hybridized carbons (Fsp3) is 0.267. The number of nitro groups is 1. The summed E-state index contributed by atoms with van der Waals surface area (Å²) in [5.74, 6) is -2.17. The van der Waals surface area contributed by atoms with Crippen molar-refractivity contribution in [2.75, 3.05) is 56.9 Å². The van der Waals surface area contributed by atoms with E-state index >= 15 is 0 Å². The second-order valence-corrected chi connectivity index (χ2v) is 17.4. The normalized spacial score (nSPS) is 11.4. The first-order chi connectivity index (χ1) is 27.3. The summed E-state index contributed by atoms with van der Waals surface area (Å²) in [5, 5.41) is 34.1. The Bertz CT molecular complexity index is 2220. The Morgan fingerprint density at radius 3 is 2.03 bits per heavy atom. The number of nitrogens with zero attached hydrogens (tertiary/aromatic N) is 5. The summed E-state index contributed by atoms with van der Waals surface area (Å²) in [6.45, 7) is -0.479. The minimum absolute atomic E-state index is 0.0352. The third-order valence-corrected chi connectivity index (χ3v) is 8.56. The predicted molar refractivity (Wildman–Crippen MR) is 214 cm³/mol. The van der Waals surface area contributed by atoms with E-state index in [1.807, 2.05) is 11.4 Å². The van der Waals surface area contributed by atoms with Crippen LogP contribution in [0.1, 0.15) is 10.4 Å². The molecule has 0 saturated heterocycles. The van der Waals surface area contributed by atoms with Crippen molar-refractivity contribution >= 4 is 87.0 Å². The lowest BCUT2D eigenvalue weighted by molar-refractivity contribution is -0.383. The number of rotatable bonds is 13. The van der Waals surface area contributed by atoms with Gasteiger partial charge in [-0.25, -0.2) is 14.3 Å². The van der Waals surface area contributed by atoms with Crippen molar-refractivity contribution in [2.45, 2.75) is 5.03 Å².